The van der Waals surface area contributed by atoms with Crippen molar-refractivity contribution in [1.29, 1.82) is 0 Å². The van der Waals surface area contributed by atoms with E-state index in [1.54, 1.807) is 6.07 Å². The second kappa shape index (κ2) is 8.97. The summed E-state index contributed by atoms with van der Waals surface area (Å²) in [5.74, 6) is 0.148. The van der Waals surface area contributed by atoms with Gasteiger partial charge in [0.25, 0.3) is 5.91 Å². The number of hydrogen-bond acceptors (Lipinski definition) is 6. The number of Topliss-reactive ketones (excluding diaryl/α,β-unsaturated/α-hetero) is 1. The van der Waals surface area contributed by atoms with E-state index < -0.39 is 25.1 Å². The van der Waals surface area contributed by atoms with Crippen molar-refractivity contribution in [3.63, 3.8) is 0 Å². The highest BCUT2D eigenvalue weighted by Crippen LogP contribution is 2.30. The Hall–Kier alpha value is -3.04. The van der Waals surface area contributed by atoms with Crippen molar-refractivity contribution >= 4 is 11.7 Å². The molecule has 1 aliphatic rings. The molecule has 2 heterocycles. The van der Waals surface area contributed by atoms with Crippen LogP contribution in [0.3, 0.4) is 0 Å². The summed E-state index contributed by atoms with van der Waals surface area (Å²) in [5.41, 5.74) is 0.790. The Morgan fingerprint density at radius 1 is 1.17 bits per heavy atom. The van der Waals surface area contributed by atoms with Gasteiger partial charge in [0, 0.05) is 30.9 Å². The van der Waals surface area contributed by atoms with Gasteiger partial charge >= 0.3 is 6.18 Å². The van der Waals surface area contributed by atoms with Gasteiger partial charge in [-0.25, -0.2) is 15.0 Å². The molecule has 1 amide bonds. The molecule has 0 spiro atoms. The highest BCUT2D eigenvalue weighted by molar-refractivity contribution is 5.92. The maximum absolute atomic E-state index is 12.3. The summed E-state index contributed by atoms with van der Waals surface area (Å²) in [5, 5.41) is 2.67. The van der Waals surface area contributed by atoms with Crippen molar-refractivity contribution < 1.29 is 27.5 Å². The van der Waals surface area contributed by atoms with E-state index in [-0.39, 0.29) is 36.2 Å². The maximum atomic E-state index is 12.3. The summed E-state index contributed by atoms with van der Waals surface area (Å²) in [4.78, 5) is 36.2. The fourth-order valence-corrected chi connectivity index (χ4v) is 2.46. The minimum atomic E-state index is -4.28. The summed E-state index contributed by atoms with van der Waals surface area (Å²) < 4.78 is 41.2. The number of ether oxygens (including phenoxy) is 1. The normalized spacial score (nSPS) is 13.8. The number of aromatic nitrogens is 3. The minimum Gasteiger partial charge on any atom is -0.477 e. The summed E-state index contributed by atoms with van der Waals surface area (Å²) in [6.07, 6.45) is -0.575. The summed E-state index contributed by atoms with van der Waals surface area (Å²) in [6.45, 7) is -0.360. The van der Waals surface area contributed by atoms with Crippen LogP contribution in [-0.4, -0.2) is 39.4 Å². The Morgan fingerprint density at radius 2 is 1.97 bits per heavy atom. The van der Waals surface area contributed by atoms with Gasteiger partial charge < -0.3 is 10.1 Å². The second-order valence-corrected chi connectivity index (χ2v) is 6.68. The van der Waals surface area contributed by atoms with Crippen molar-refractivity contribution in [3.8, 4) is 5.88 Å². The van der Waals surface area contributed by atoms with E-state index in [2.05, 4.69) is 20.3 Å². The standard InChI is InChI=1S/C19H19F3N4O3/c20-19(21,22)6-8-29-17-4-1-12(10-24-17)11-25-18(28)14-5-7-23-16(26-14)9-15(27)13-2-3-13/h1,4-5,7,10,13H,2-3,6,8-9,11H2,(H,25,28). The van der Waals surface area contributed by atoms with Crippen LogP contribution in [-0.2, 0) is 17.8 Å². The second-order valence-electron chi connectivity index (χ2n) is 6.68. The van der Waals surface area contributed by atoms with Gasteiger partial charge in [0.2, 0.25) is 5.88 Å². The van der Waals surface area contributed by atoms with E-state index in [1.807, 2.05) is 0 Å². The molecular formula is C19H19F3N4O3. The van der Waals surface area contributed by atoms with E-state index in [0.29, 0.717) is 11.4 Å². The predicted molar refractivity (Wildman–Crippen MR) is 95.0 cm³/mol. The molecule has 0 saturated heterocycles. The lowest BCUT2D eigenvalue weighted by molar-refractivity contribution is -0.139. The van der Waals surface area contributed by atoms with Crippen LogP contribution in [0, 0.1) is 5.92 Å². The van der Waals surface area contributed by atoms with Gasteiger partial charge in [0.1, 0.15) is 17.3 Å². The largest absolute Gasteiger partial charge is 0.477 e. The number of carbonyl (C=O) groups excluding carboxylic acids is 2. The van der Waals surface area contributed by atoms with Crippen molar-refractivity contribution in [2.75, 3.05) is 6.61 Å². The first kappa shape index (κ1) is 20.7. The third-order valence-electron chi connectivity index (χ3n) is 4.19. The lowest BCUT2D eigenvalue weighted by atomic mass is 10.2. The molecule has 3 rings (SSSR count). The first-order valence-corrected chi connectivity index (χ1v) is 9.07. The molecule has 0 atom stereocenters. The molecular weight excluding hydrogens is 389 g/mol. The third kappa shape index (κ3) is 6.81. The molecule has 29 heavy (non-hydrogen) atoms. The Bertz CT molecular complexity index is 868. The first-order valence-electron chi connectivity index (χ1n) is 9.07. The number of alkyl halides is 3. The third-order valence-corrected chi connectivity index (χ3v) is 4.19. The number of nitrogens with zero attached hydrogens (tertiary/aromatic N) is 3. The number of halogens is 3. The van der Waals surface area contributed by atoms with Crippen LogP contribution in [0.15, 0.2) is 30.6 Å². The molecule has 2 aromatic rings. The highest BCUT2D eigenvalue weighted by Gasteiger charge is 2.30. The zero-order valence-electron chi connectivity index (χ0n) is 15.4. The van der Waals surface area contributed by atoms with E-state index in [0.717, 1.165) is 12.8 Å². The number of hydrogen-bond donors (Lipinski definition) is 1. The quantitative estimate of drug-likeness (QED) is 0.686. The topological polar surface area (TPSA) is 94.1 Å². The molecule has 1 N–H and O–H groups in total. The zero-order valence-corrected chi connectivity index (χ0v) is 15.4. The van der Waals surface area contributed by atoms with Crippen LogP contribution < -0.4 is 10.1 Å². The van der Waals surface area contributed by atoms with E-state index in [1.165, 1.54) is 24.5 Å². The maximum Gasteiger partial charge on any atom is 0.392 e. The molecule has 7 nitrogen and oxygen atoms in total. The average molecular weight is 408 g/mol. The lowest BCUT2D eigenvalue weighted by Gasteiger charge is -2.09. The number of rotatable bonds is 9. The van der Waals surface area contributed by atoms with Gasteiger partial charge in [0.05, 0.1) is 19.4 Å². The molecule has 0 bridgehead atoms. The fraction of sp³-hybridized carbons (Fsp3) is 0.421. The highest BCUT2D eigenvalue weighted by atomic mass is 19.4. The average Bonchev–Trinajstić information content (AvgIpc) is 3.52. The van der Waals surface area contributed by atoms with Crippen LogP contribution in [0.1, 0.15) is 41.1 Å². The van der Waals surface area contributed by atoms with Gasteiger partial charge in [-0.1, -0.05) is 6.07 Å². The van der Waals surface area contributed by atoms with Crippen LogP contribution in [0.5, 0.6) is 5.88 Å². The Kier molecular flexibility index (Phi) is 6.40. The number of nitrogens with one attached hydrogen (secondary N) is 1. The number of carbonyl (C=O) groups is 2. The SMILES string of the molecule is O=C(NCc1ccc(OCCC(F)(F)F)nc1)c1ccnc(CC(=O)C2CC2)n1. The Morgan fingerprint density at radius 3 is 2.62 bits per heavy atom. The van der Waals surface area contributed by atoms with Crippen molar-refractivity contribution in [3.05, 3.63) is 47.7 Å². The smallest absolute Gasteiger partial charge is 0.392 e. The van der Waals surface area contributed by atoms with E-state index in [9.17, 15) is 22.8 Å². The lowest BCUT2D eigenvalue weighted by Crippen LogP contribution is -2.24. The molecule has 0 unspecified atom stereocenters. The fourth-order valence-electron chi connectivity index (χ4n) is 2.46. The molecule has 1 aliphatic carbocycles. The molecule has 1 fully saturated rings. The van der Waals surface area contributed by atoms with Crippen LogP contribution in [0.4, 0.5) is 13.2 Å². The number of amides is 1. The van der Waals surface area contributed by atoms with Gasteiger partial charge in [-0.05, 0) is 24.5 Å². The molecule has 2 aromatic heterocycles. The minimum absolute atomic E-state index is 0.0742. The molecule has 0 aromatic carbocycles. The van der Waals surface area contributed by atoms with Crippen molar-refractivity contribution in [2.45, 2.75) is 38.4 Å². The van der Waals surface area contributed by atoms with Crippen LogP contribution in [0.25, 0.3) is 0 Å². The Labute approximate surface area is 164 Å². The first-order chi connectivity index (χ1) is 13.8. The molecule has 0 aliphatic heterocycles. The summed E-state index contributed by atoms with van der Waals surface area (Å²) >= 11 is 0. The zero-order chi connectivity index (χ0) is 20.9. The van der Waals surface area contributed by atoms with E-state index >= 15 is 0 Å². The molecule has 0 radical (unpaired) electrons. The summed E-state index contributed by atoms with van der Waals surface area (Å²) in [7, 11) is 0. The number of ketones is 1. The van der Waals surface area contributed by atoms with Crippen LogP contribution in [0.2, 0.25) is 0 Å². The predicted octanol–water partition coefficient (Wildman–Crippen LogP) is 2.65. The number of pyridine rings is 1. The van der Waals surface area contributed by atoms with Crippen molar-refractivity contribution in [2.24, 2.45) is 5.92 Å². The molecule has 1 saturated carbocycles. The van der Waals surface area contributed by atoms with Gasteiger partial charge in [-0.15, -0.1) is 0 Å². The van der Waals surface area contributed by atoms with Gasteiger partial charge in [0.15, 0.2) is 0 Å². The molecule has 10 heteroatoms. The molecule has 154 valence electrons. The van der Waals surface area contributed by atoms with Crippen LogP contribution >= 0.6 is 0 Å². The summed E-state index contributed by atoms with van der Waals surface area (Å²) in [6, 6.07) is 4.48. The van der Waals surface area contributed by atoms with Crippen molar-refractivity contribution in [1.82, 2.24) is 20.3 Å². The van der Waals surface area contributed by atoms with Gasteiger partial charge in [-0.3, -0.25) is 9.59 Å². The monoisotopic (exact) mass is 408 g/mol. The van der Waals surface area contributed by atoms with E-state index in [4.69, 9.17) is 4.74 Å². The Balaban J connectivity index is 1.48. The van der Waals surface area contributed by atoms with Gasteiger partial charge in [-0.2, -0.15) is 13.2 Å².